The second-order valence-corrected chi connectivity index (χ2v) is 6.48. The molecule has 0 bridgehead atoms. The lowest BCUT2D eigenvalue weighted by atomic mass is 10.2. The van der Waals surface area contributed by atoms with Gasteiger partial charge in [0.25, 0.3) is 5.91 Å². The molecule has 0 unspecified atom stereocenters. The van der Waals surface area contributed by atoms with Gasteiger partial charge in [-0.1, -0.05) is 41.4 Å². The zero-order valence-electron chi connectivity index (χ0n) is 14.0. The first-order chi connectivity index (χ1) is 12.5. The second-order valence-electron chi connectivity index (χ2n) is 5.63. The van der Waals surface area contributed by atoms with E-state index in [0.29, 0.717) is 28.1 Å². The largest absolute Gasteiger partial charge is 0.365 e. The molecule has 26 heavy (non-hydrogen) atoms. The summed E-state index contributed by atoms with van der Waals surface area (Å²) in [6.45, 7) is 2.42. The summed E-state index contributed by atoms with van der Waals surface area (Å²) in [4.78, 5) is 20.7. The van der Waals surface area contributed by atoms with Gasteiger partial charge in [-0.2, -0.15) is 0 Å². The zero-order valence-corrected chi connectivity index (χ0v) is 15.5. The summed E-state index contributed by atoms with van der Waals surface area (Å²) in [6.07, 6.45) is 2.95. The van der Waals surface area contributed by atoms with Crippen LogP contribution in [-0.4, -0.2) is 15.9 Å². The molecule has 0 radical (unpaired) electrons. The van der Waals surface area contributed by atoms with Crippen LogP contribution in [-0.2, 0) is 6.54 Å². The van der Waals surface area contributed by atoms with Gasteiger partial charge in [-0.15, -0.1) is 0 Å². The molecule has 3 rings (SSSR count). The molecule has 1 heterocycles. The Labute approximate surface area is 161 Å². The summed E-state index contributed by atoms with van der Waals surface area (Å²) < 4.78 is 0. The molecule has 1 amide bonds. The van der Waals surface area contributed by atoms with Crippen LogP contribution in [0.5, 0.6) is 0 Å². The molecule has 0 spiro atoms. The highest BCUT2D eigenvalue weighted by Crippen LogP contribution is 2.23. The van der Waals surface area contributed by atoms with Crippen molar-refractivity contribution >= 4 is 40.6 Å². The van der Waals surface area contributed by atoms with Crippen LogP contribution in [0.2, 0.25) is 10.0 Å². The van der Waals surface area contributed by atoms with E-state index in [2.05, 4.69) is 20.6 Å². The molecule has 1 aromatic heterocycles. The maximum Gasteiger partial charge on any atom is 0.275 e. The van der Waals surface area contributed by atoms with E-state index in [-0.39, 0.29) is 11.6 Å². The van der Waals surface area contributed by atoms with Crippen molar-refractivity contribution in [2.75, 3.05) is 10.6 Å². The van der Waals surface area contributed by atoms with Gasteiger partial charge >= 0.3 is 0 Å². The third kappa shape index (κ3) is 4.50. The fourth-order valence-corrected chi connectivity index (χ4v) is 2.56. The number of nitrogens with zero attached hydrogens (tertiary/aromatic N) is 2. The molecule has 5 nitrogen and oxygen atoms in total. The van der Waals surface area contributed by atoms with E-state index in [0.717, 1.165) is 11.1 Å². The monoisotopic (exact) mass is 386 g/mol. The fourth-order valence-electron chi connectivity index (χ4n) is 2.26. The maximum absolute atomic E-state index is 12.3. The molecular weight excluding hydrogens is 371 g/mol. The Balaban J connectivity index is 1.62. The molecule has 7 heteroatoms. The van der Waals surface area contributed by atoms with Crippen LogP contribution in [0.25, 0.3) is 0 Å². The molecular formula is C19H16Cl2N4O. The Morgan fingerprint density at radius 2 is 1.81 bits per heavy atom. The highest BCUT2D eigenvalue weighted by molar-refractivity contribution is 6.31. The second kappa shape index (κ2) is 8.17. The SMILES string of the molecule is Cc1c(Cl)cccc1NC(=O)c1cnc(NCc2ccc(Cl)cc2)cn1. The first kappa shape index (κ1) is 18.2. The standard InChI is InChI=1S/C19H16Cl2N4O/c1-12-15(21)3-2-4-16(12)25-19(26)17-10-24-18(11-22-17)23-9-13-5-7-14(20)8-6-13/h2-8,10-11H,9H2,1H3,(H,23,24)(H,25,26). The van der Waals surface area contributed by atoms with Crippen LogP contribution in [0.3, 0.4) is 0 Å². The molecule has 132 valence electrons. The number of carbonyl (C=O) groups is 1. The first-order valence-electron chi connectivity index (χ1n) is 7.90. The molecule has 0 aliphatic heterocycles. The summed E-state index contributed by atoms with van der Waals surface area (Å²) in [7, 11) is 0. The Morgan fingerprint density at radius 3 is 2.50 bits per heavy atom. The van der Waals surface area contributed by atoms with Crippen LogP contribution in [0, 0.1) is 6.92 Å². The van der Waals surface area contributed by atoms with E-state index in [1.807, 2.05) is 31.2 Å². The van der Waals surface area contributed by atoms with Crippen molar-refractivity contribution in [3.63, 3.8) is 0 Å². The third-order valence-corrected chi connectivity index (χ3v) is 4.45. The van der Waals surface area contributed by atoms with Crippen molar-refractivity contribution in [1.82, 2.24) is 9.97 Å². The summed E-state index contributed by atoms with van der Waals surface area (Å²) in [5, 5.41) is 7.22. The van der Waals surface area contributed by atoms with Gasteiger partial charge in [-0.3, -0.25) is 4.79 Å². The number of rotatable bonds is 5. The molecule has 2 N–H and O–H groups in total. The van der Waals surface area contributed by atoms with Gasteiger partial charge in [0.05, 0.1) is 12.4 Å². The van der Waals surface area contributed by atoms with E-state index >= 15 is 0 Å². The van der Waals surface area contributed by atoms with Crippen molar-refractivity contribution in [3.05, 3.63) is 81.7 Å². The lowest BCUT2D eigenvalue weighted by Crippen LogP contribution is -2.15. The minimum atomic E-state index is -0.341. The van der Waals surface area contributed by atoms with E-state index in [9.17, 15) is 4.79 Å². The van der Waals surface area contributed by atoms with Crippen LogP contribution >= 0.6 is 23.2 Å². The van der Waals surface area contributed by atoms with Crippen LogP contribution in [0.4, 0.5) is 11.5 Å². The van der Waals surface area contributed by atoms with Crippen molar-refractivity contribution in [2.24, 2.45) is 0 Å². The summed E-state index contributed by atoms with van der Waals surface area (Å²) in [5.41, 5.74) is 2.74. The van der Waals surface area contributed by atoms with Gasteiger partial charge < -0.3 is 10.6 Å². The summed E-state index contributed by atoms with van der Waals surface area (Å²) >= 11 is 11.9. The topological polar surface area (TPSA) is 66.9 Å². The molecule has 0 atom stereocenters. The first-order valence-corrected chi connectivity index (χ1v) is 8.65. The van der Waals surface area contributed by atoms with Crippen LogP contribution < -0.4 is 10.6 Å². The van der Waals surface area contributed by atoms with Gasteiger partial charge in [-0.05, 0) is 42.3 Å². The predicted octanol–water partition coefficient (Wildman–Crippen LogP) is 4.96. The van der Waals surface area contributed by atoms with Crippen molar-refractivity contribution < 1.29 is 4.79 Å². The predicted molar refractivity (Wildman–Crippen MR) is 105 cm³/mol. The Hall–Kier alpha value is -2.63. The minimum Gasteiger partial charge on any atom is -0.365 e. The Kier molecular flexibility index (Phi) is 5.71. The molecule has 0 aliphatic carbocycles. The number of halogens is 2. The van der Waals surface area contributed by atoms with Crippen molar-refractivity contribution in [3.8, 4) is 0 Å². The Morgan fingerprint density at radius 1 is 1.04 bits per heavy atom. The van der Waals surface area contributed by atoms with E-state index < -0.39 is 0 Å². The van der Waals surface area contributed by atoms with Gasteiger partial charge in [-0.25, -0.2) is 9.97 Å². The average molecular weight is 387 g/mol. The molecule has 0 saturated carbocycles. The highest BCUT2D eigenvalue weighted by Gasteiger charge is 2.11. The van der Waals surface area contributed by atoms with Crippen molar-refractivity contribution in [2.45, 2.75) is 13.5 Å². The van der Waals surface area contributed by atoms with Crippen molar-refractivity contribution in [1.29, 1.82) is 0 Å². The van der Waals surface area contributed by atoms with Gasteiger partial charge in [0.15, 0.2) is 0 Å². The van der Waals surface area contributed by atoms with Gasteiger partial charge in [0.1, 0.15) is 11.5 Å². The molecule has 0 saturated heterocycles. The average Bonchev–Trinajstić information content (AvgIpc) is 2.65. The number of hydrogen-bond acceptors (Lipinski definition) is 4. The molecule has 0 fully saturated rings. The summed E-state index contributed by atoms with van der Waals surface area (Å²) in [6, 6.07) is 12.9. The third-order valence-electron chi connectivity index (χ3n) is 3.79. The fraction of sp³-hybridized carbons (Fsp3) is 0.105. The number of nitrogens with one attached hydrogen (secondary N) is 2. The van der Waals surface area contributed by atoms with Crippen LogP contribution in [0.15, 0.2) is 54.9 Å². The number of anilines is 2. The lowest BCUT2D eigenvalue weighted by Gasteiger charge is -2.09. The summed E-state index contributed by atoms with van der Waals surface area (Å²) in [5.74, 6) is 0.238. The number of hydrogen-bond donors (Lipinski definition) is 2. The minimum absolute atomic E-state index is 0.224. The van der Waals surface area contributed by atoms with E-state index in [1.54, 1.807) is 18.2 Å². The molecule has 3 aromatic rings. The lowest BCUT2D eigenvalue weighted by molar-refractivity contribution is 0.102. The number of aromatic nitrogens is 2. The molecule has 0 aliphatic rings. The quantitative estimate of drug-likeness (QED) is 0.650. The zero-order chi connectivity index (χ0) is 18.5. The molecule has 2 aromatic carbocycles. The van der Waals surface area contributed by atoms with E-state index in [1.165, 1.54) is 12.4 Å². The maximum atomic E-state index is 12.3. The Bertz CT molecular complexity index is 912. The van der Waals surface area contributed by atoms with Gasteiger partial charge in [0.2, 0.25) is 0 Å². The highest BCUT2D eigenvalue weighted by atomic mass is 35.5. The number of benzene rings is 2. The number of carbonyl (C=O) groups excluding carboxylic acids is 1. The normalized spacial score (nSPS) is 10.4. The smallest absolute Gasteiger partial charge is 0.275 e. The van der Waals surface area contributed by atoms with Gasteiger partial charge in [0, 0.05) is 22.3 Å². The van der Waals surface area contributed by atoms with Crippen LogP contribution in [0.1, 0.15) is 21.6 Å². The van der Waals surface area contributed by atoms with E-state index in [4.69, 9.17) is 23.2 Å². The number of amides is 1.